The van der Waals surface area contributed by atoms with E-state index in [-0.39, 0.29) is 17.9 Å². The van der Waals surface area contributed by atoms with Crippen LogP contribution in [-0.2, 0) is 29.5 Å². The lowest BCUT2D eigenvalue weighted by Crippen LogP contribution is -2.45. The Labute approximate surface area is 271 Å². The van der Waals surface area contributed by atoms with Gasteiger partial charge in [0.25, 0.3) is 5.91 Å². The number of hydrogen-bond donors (Lipinski definition) is 1. The Morgan fingerprint density at radius 2 is 1.78 bits per heavy atom. The minimum atomic E-state index is -0.501. The standard InChI is InChI=1S/C36H46N6O4/c1-24-20-27(34(44)42-23-28-21-37-39(5)33(28)38-30-8-6-7-9-31(30)42)11-10-26(24)12-15-32(43)41(29-13-14-29)22-25-16-18-40(19-17-25)35(45)46-36(2,3)4/h6-11,20-21,25,29,38H,12-19,22-23H2,1-5H3. The average Bonchev–Trinajstić information content (AvgIpc) is 3.83. The van der Waals surface area contributed by atoms with Gasteiger partial charge in [0.2, 0.25) is 5.91 Å². The van der Waals surface area contributed by atoms with Gasteiger partial charge in [-0.25, -0.2) is 4.79 Å². The minimum Gasteiger partial charge on any atom is -0.444 e. The maximum absolute atomic E-state index is 13.9. The Kier molecular flexibility index (Phi) is 8.81. The largest absolute Gasteiger partial charge is 0.444 e. The highest BCUT2D eigenvalue weighted by Crippen LogP contribution is 2.36. The Bertz CT molecular complexity index is 1610. The highest BCUT2D eigenvalue weighted by molar-refractivity contribution is 6.08. The van der Waals surface area contributed by atoms with Gasteiger partial charge in [-0.2, -0.15) is 5.10 Å². The molecular formula is C36H46N6O4. The van der Waals surface area contributed by atoms with Crippen LogP contribution in [0, 0.1) is 12.8 Å². The normalized spacial score (nSPS) is 16.6. The molecule has 2 fully saturated rings. The van der Waals surface area contributed by atoms with E-state index < -0.39 is 5.60 Å². The van der Waals surface area contributed by atoms with Crippen LogP contribution in [0.5, 0.6) is 0 Å². The van der Waals surface area contributed by atoms with Crippen molar-refractivity contribution in [1.82, 2.24) is 19.6 Å². The van der Waals surface area contributed by atoms with Crippen LogP contribution in [0.3, 0.4) is 0 Å². The maximum Gasteiger partial charge on any atom is 0.410 e. The fraction of sp³-hybridized carbons (Fsp3) is 0.500. The third kappa shape index (κ3) is 7.06. The molecular weight excluding hydrogens is 580 g/mol. The van der Waals surface area contributed by atoms with E-state index >= 15 is 0 Å². The number of benzene rings is 2. The summed E-state index contributed by atoms with van der Waals surface area (Å²) in [6.07, 6.45) is 6.51. The third-order valence-electron chi connectivity index (χ3n) is 9.26. The van der Waals surface area contributed by atoms with E-state index in [9.17, 15) is 14.4 Å². The molecule has 3 amide bonds. The number of anilines is 3. The summed E-state index contributed by atoms with van der Waals surface area (Å²) in [6.45, 7) is 10.2. The van der Waals surface area contributed by atoms with Crippen LogP contribution in [-0.4, -0.2) is 68.8 Å². The number of aromatic nitrogens is 2. The number of piperidine rings is 1. The lowest BCUT2D eigenvalue weighted by Gasteiger charge is -2.35. The van der Waals surface area contributed by atoms with Crippen molar-refractivity contribution in [2.75, 3.05) is 29.9 Å². The van der Waals surface area contributed by atoms with Crippen LogP contribution in [0.25, 0.3) is 0 Å². The molecule has 0 unspecified atom stereocenters. The second-order valence-electron chi connectivity index (χ2n) is 14.0. The first-order chi connectivity index (χ1) is 22.0. The monoisotopic (exact) mass is 626 g/mol. The van der Waals surface area contributed by atoms with Crippen LogP contribution in [0.2, 0.25) is 0 Å². The summed E-state index contributed by atoms with van der Waals surface area (Å²) in [5.74, 6) is 1.38. The van der Waals surface area contributed by atoms with Crippen LogP contribution >= 0.6 is 0 Å². The SMILES string of the molecule is Cc1cc(C(=O)N2Cc3cnn(C)c3Nc3ccccc32)ccc1CCC(=O)N(CC1CCN(C(=O)OC(C)(C)C)CC1)C1CC1. The molecule has 2 aliphatic heterocycles. The number of rotatable bonds is 7. The number of para-hydroxylation sites is 2. The lowest BCUT2D eigenvalue weighted by atomic mass is 9.95. The molecule has 10 heteroatoms. The van der Waals surface area contributed by atoms with Gasteiger partial charge in [-0.1, -0.05) is 18.2 Å². The molecule has 3 heterocycles. The first-order valence-electron chi connectivity index (χ1n) is 16.5. The zero-order valence-electron chi connectivity index (χ0n) is 27.7. The highest BCUT2D eigenvalue weighted by atomic mass is 16.6. The molecule has 0 bridgehead atoms. The van der Waals surface area contributed by atoms with E-state index in [0.717, 1.165) is 66.1 Å². The number of amides is 3. The second kappa shape index (κ2) is 12.8. The van der Waals surface area contributed by atoms with E-state index in [1.165, 1.54) is 0 Å². The van der Waals surface area contributed by atoms with Crippen molar-refractivity contribution in [3.05, 3.63) is 70.9 Å². The van der Waals surface area contributed by atoms with Gasteiger partial charge in [0.05, 0.1) is 24.1 Å². The molecule has 1 saturated carbocycles. The molecule has 3 aliphatic rings. The predicted molar refractivity (Wildman–Crippen MR) is 178 cm³/mol. The number of ether oxygens (including phenoxy) is 1. The number of carbonyl (C=O) groups excluding carboxylic acids is 3. The summed E-state index contributed by atoms with van der Waals surface area (Å²) >= 11 is 0. The zero-order chi connectivity index (χ0) is 32.6. The summed E-state index contributed by atoms with van der Waals surface area (Å²) in [7, 11) is 1.89. The summed E-state index contributed by atoms with van der Waals surface area (Å²) in [5.41, 5.74) is 4.84. The number of likely N-dealkylation sites (tertiary alicyclic amines) is 1. The molecule has 1 saturated heterocycles. The first-order valence-corrected chi connectivity index (χ1v) is 16.5. The molecule has 46 heavy (non-hydrogen) atoms. The topological polar surface area (TPSA) is 100 Å². The van der Waals surface area contributed by atoms with Gasteiger partial charge in [-0.15, -0.1) is 0 Å². The predicted octanol–water partition coefficient (Wildman–Crippen LogP) is 6.20. The molecule has 244 valence electrons. The van der Waals surface area contributed by atoms with Gasteiger partial charge in [-0.3, -0.25) is 14.3 Å². The minimum absolute atomic E-state index is 0.0747. The Balaban J connectivity index is 1.07. The average molecular weight is 627 g/mol. The van der Waals surface area contributed by atoms with Crippen molar-refractivity contribution in [3.63, 3.8) is 0 Å². The number of carbonyl (C=O) groups is 3. The molecule has 0 atom stereocenters. The van der Waals surface area contributed by atoms with E-state index in [1.807, 2.05) is 77.2 Å². The lowest BCUT2D eigenvalue weighted by molar-refractivity contribution is -0.132. The fourth-order valence-electron chi connectivity index (χ4n) is 6.53. The molecule has 0 spiro atoms. The Hall–Kier alpha value is -4.34. The number of fused-ring (bicyclic) bond motifs is 2. The highest BCUT2D eigenvalue weighted by Gasteiger charge is 2.35. The molecule has 0 radical (unpaired) electrons. The van der Waals surface area contributed by atoms with Gasteiger partial charge in [0.1, 0.15) is 11.4 Å². The van der Waals surface area contributed by atoms with Gasteiger partial charge >= 0.3 is 6.09 Å². The van der Waals surface area contributed by atoms with E-state index in [4.69, 9.17) is 4.74 Å². The molecule has 1 N–H and O–H groups in total. The third-order valence-corrected chi connectivity index (χ3v) is 9.26. The summed E-state index contributed by atoms with van der Waals surface area (Å²) in [6, 6.07) is 14.0. The Morgan fingerprint density at radius 1 is 1.04 bits per heavy atom. The first kappa shape index (κ1) is 31.6. The molecule has 1 aliphatic carbocycles. The zero-order valence-corrected chi connectivity index (χ0v) is 27.7. The van der Waals surface area contributed by atoms with Crippen LogP contribution < -0.4 is 10.2 Å². The van der Waals surface area contributed by atoms with Gasteiger partial charge in [0.15, 0.2) is 0 Å². The van der Waals surface area contributed by atoms with Crippen molar-refractivity contribution in [3.8, 4) is 0 Å². The number of aryl methyl sites for hydroxylation is 3. The van der Waals surface area contributed by atoms with E-state index in [1.54, 1.807) is 20.7 Å². The van der Waals surface area contributed by atoms with Crippen LogP contribution in [0.4, 0.5) is 22.0 Å². The van der Waals surface area contributed by atoms with Crippen molar-refractivity contribution in [2.45, 2.75) is 84.4 Å². The van der Waals surface area contributed by atoms with Gasteiger partial charge in [0, 0.05) is 50.3 Å². The molecule has 10 nitrogen and oxygen atoms in total. The van der Waals surface area contributed by atoms with Crippen molar-refractivity contribution in [1.29, 1.82) is 0 Å². The molecule has 1 aromatic heterocycles. The summed E-state index contributed by atoms with van der Waals surface area (Å²) < 4.78 is 7.33. The maximum atomic E-state index is 13.9. The van der Waals surface area contributed by atoms with Crippen LogP contribution in [0.1, 0.15) is 79.9 Å². The fourth-order valence-corrected chi connectivity index (χ4v) is 6.53. The van der Waals surface area contributed by atoms with Crippen molar-refractivity contribution >= 4 is 35.1 Å². The smallest absolute Gasteiger partial charge is 0.410 e. The van der Waals surface area contributed by atoms with Crippen molar-refractivity contribution < 1.29 is 19.1 Å². The number of nitrogens with one attached hydrogen (secondary N) is 1. The van der Waals surface area contributed by atoms with Gasteiger partial charge < -0.3 is 24.8 Å². The number of nitrogens with zero attached hydrogens (tertiary/aromatic N) is 5. The Morgan fingerprint density at radius 3 is 2.48 bits per heavy atom. The summed E-state index contributed by atoms with van der Waals surface area (Å²) in [4.78, 5) is 45.6. The van der Waals surface area contributed by atoms with E-state index in [0.29, 0.717) is 50.0 Å². The van der Waals surface area contributed by atoms with Gasteiger partial charge in [-0.05, 0) is 101 Å². The van der Waals surface area contributed by atoms with Crippen LogP contribution in [0.15, 0.2) is 48.7 Å². The number of hydrogen-bond acceptors (Lipinski definition) is 6. The molecule has 6 rings (SSSR count). The molecule has 2 aromatic carbocycles. The quantitative estimate of drug-likeness (QED) is 0.335. The van der Waals surface area contributed by atoms with Crippen molar-refractivity contribution in [2.24, 2.45) is 13.0 Å². The second-order valence-corrected chi connectivity index (χ2v) is 14.0. The summed E-state index contributed by atoms with van der Waals surface area (Å²) in [5, 5.41) is 7.83. The molecule has 3 aromatic rings. The van der Waals surface area contributed by atoms with E-state index in [2.05, 4.69) is 15.3 Å².